The van der Waals surface area contributed by atoms with Gasteiger partial charge in [0, 0.05) is 34.3 Å². The number of benzene rings is 4. The van der Waals surface area contributed by atoms with Crippen molar-refractivity contribution >= 4 is 50.0 Å². The van der Waals surface area contributed by atoms with Gasteiger partial charge in [0.1, 0.15) is 31.5 Å². The van der Waals surface area contributed by atoms with Crippen LogP contribution in [0.4, 0.5) is 11.4 Å². The van der Waals surface area contributed by atoms with E-state index in [9.17, 15) is 13.2 Å². The summed E-state index contributed by atoms with van der Waals surface area (Å²) < 4.78 is 43.5. The molecule has 0 saturated heterocycles. The maximum Gasteiger partial charge on any atom is 0.322 e. The molecule has 330 valence electrons. The van der Waals surface area contributed by atoms with Gasteiger partial charge in [0.05, 0.1) is 32.5 Å². The Labute approximate surface area is 381 Å². The van der Waals surface area contributed by atoms with Gasteiger partial charge in [-0.05, 0) is 113 Å². The van der Waals surface area contributed by atoms with Crippen molar-refractivity contribution in [3.05, 3.63) is 118 Å². The molecule has 0 saturated carbocycles. The van der Waals surface area contributed by atoms with Crippen LogP contribution in [0.15, 0.2) is 72.8 Å². The molecule has 0 aliphatic heterocycles. The minimum Gasteiger partial charge on any atom is -0.502 e. The number of nitrogens with zero attached hydrogens (tertiary/aromatic N) is 6. The third kappa shape index (κ3) is 10.6. The Hall–Kier alpha value is -6.08. The number of nitrogens with one attached hydrogen (secondary N) is 1. The fourth-order valence-corrected chi connectivity index (χ4v) is 10.8. The van der Waals surface area contributed by atoms with Crippen LogP contribution in [0.5, 0.6) is 11.5 Å². The largest absolute Gasteiger partial charge is 0.502 e. The Kier molecular flexibility index (Phi) is 14.5. The van der Waals surface area contributed by atoms with Gasteiger partial charge in [-0.2, -0.15) is 0 Å². The average molecular weight is 917 g/mol. The molecule has 2 aromatic heterocycles. The molecule has 0 spiro atoms. The van der Waals surface area contributed by atoms with E-state index in [1.165, 1.54) is 22.5 Å². The van der Waals surface area contributed by atoms with Crippen LogP contribution in [0.3, 0.4) is 0 Å². The van der Waals surface area contributed by atoms with Gasteiger partial charge in [-0.3, -0.25) is 4.79 Å². The molecule has 0 radical (unpaired) electrons. The van der Waals surface area contributed by atoms with Crippen molar-refractivity contribution in [3.8, 4) is 53.8 Å². The second-order valence-electron chi connectivity index (χ2n) is 15.9. The summed E-state index contributed by atoms with van der Waals surface area (Å²) in [5.74, 6) is -0.391. The number of sulfonamides is 1. The van der Waals surface area contributed by atoms with Gasteiger partial charge in [-0.1, -0.05) is 71.2 Å². The molecule has 6 aromatic rings. The molecular formula is C47H48N8O6S3. The molecule has 14 nitrogen and oxygen atoms in total. The molecule has 2 aliphatic carbocycles. The summed E-state index contributed by atoms with van der Waals surface area (Å²) in [6.45, 7) is 22.7. The van der Waals surface area contributed by atoms with E-state index in [2.05, 4.69) is 57.7 Å². The first-order valence-electron chi connectivity index (χ1n) is 20.9. The topological polar surface area (TPSA) is 177 Å². The normalized spacial score (nSPS) is 15.5. The summed E-state index contributed by atoms with van der Waals surface area (Å²) in [5, 5.41) is 20.7. The first kappa shape index (κ1) is 45.9. The molecular weight excluding hydrogens is 869 g/mol. The van der Waals surface area contributed by atoms with E-state index in [1.807, 2.05) is 70.2 Å². The SMILES string of the molecule is [C-]#[N+]c1cc(-c2nnc(-c3cccc4c3CCC[C@H]4N)s2)ccc1OC(C)C.[C-]#[N+]c1cc(-c2nnc(-c3cccc4c3CCC[C@H]4NS(=O)(=O)CC(=O)OC)s2)ccc1OC(C)C. The lowest BCUT2D eigenvalue weighted by atomic mass is 9.85. The van der Waals surface area contributed by atoms with E-state index >= 15 is 0 Å². The lowest BCUT2D eigenvalue weighted by molar-refractivity contribution is -0.137. The molecule has 3 N–H and O–H groups in total. The zero-order chi connectivity index (χ0) is 45.5. The molecule has 17 heteroatoms. The zero-order valence-corrected chi connectivity index (χ0v) is 38.6. The fraction of sp³-hybridized carbons (Fsp3) is 0.340. The number of methoxy groups -OCH3 is 1. The number of carbonyl (C=O) groups excluding carboxylic acids is 1. The van der Waals surface area contributed by atoms with Crippen LogP contribution in [0, 0.1) is 13.1 Å². The van der Waals surface area contributed by atoms with Gasteiger partial charge in [-0.25, -0.2) is 22.8 Å². The summed E-state index contributed by atoms with van der Waals surface area (Å²) in [6.07, 6.45) is 5.33. The summed E-state index contributed by atoms with van der Waals surface area (Å²) in [5.41, 5.74) is 15.3. The van der Waals surface area contributed by atoms with Gasteiger partial charge in [0.15, 0.2) is 5.75 Å². The highest BCUT2D eigenvalue weighted by atomic mass is 32.2. The van der Waals surface area contributed by atoms with Crippen LogP contribution >= 0.6 is 22.7 Å². The molecule has 0 unspecified atom stereocenters. The number of esters is 1. The molecule has 0 fully saturated rings. The van der Waals surface area contributed by atoms with Crippen molar-refractivity contribution < 1.29 is 27.4 Å². The number of ether oxygens (including phenoxy) is 3. The van der Waals surface area contributed by atoms with Crippen LogP contribution in [0.25, 0.3) is 52.0 Å². The van der Waals surface area contributed by atoms with Crippen molar-refractivity contribution in [1.29, 1.82) is 0 Å². The summed E-state index contributed by atoms with van der Waals surface area (Å²) in [7, 11) is -2.69. The van der Waals surface area contributed by atoms with Gasteiger partial charge >= 0.3 is 5.97 Å². The van der Waals surface area contributed by atoms with E-state index in [0.29, 0.717) is 39.3 Å². The molecule has 2 heterocycles. The molecule has 2 atom stereocenters. The van der Waals surface area contributed by atoms with Crippen molar-refractivity contribution in [3.63, 3.8) is 0 Å². The summed E-state index contributed by atoms with van der Waals surface area (Å²) >= 11 is 2.96. The standard InChI is InChI=1S/C25H26N4O5S2.C22H22N4OS/c1-15(2)34-22-12-11-16(13-21(22)26-3)24-27-28-25(35-24)19-9-5-8-18-17(19)7-6-10-20(18)29-36(31,32)14-23(30)33-4;1-13(2)27-20-11-10-14(12-19(20)24-3)21-25-26-22(28-21)17-8-4-7-16-15(17)6-5-9-18(16)23/h5,8-9,11-13,15,20,29H,6-7,10,14H2,1-2,4H3;4,7-8,10-13,18H,5-6,9,23H2,1-2H3/t20-;18-/m11/s1. The Bertz CT molecular complexity index is 2860. The predicted octanol–water partition coefficient (Wildman–Crippen LogP) is 10.2. The van der Waals surface area contributed by atoms with E-state index in [4.69, 9.17) is 28.4 Å². The number of nitrogens with two attached hydrogens (primary N) is 1. The minimum absolute atomic E-state index is 0.0233. The minimum atomic E-state index is -3.85. The van der Waals surface area contributed by atoms with Crippen LogP contribution in [-0.4, -0.2) is 59.9 Å². The third-order valence-electron chi connectivity index (χ3n) is 10.6. The number of hydrogen-bond donors (Lipinski definition) is 2. The molecule has 0 bridgehead atoms. The lowest BCUT2D eigenvalue weighted by Gasteiger charge is -2.27. The summed E-state index contributed by atoms with van der Waals surface area (Å²) in [4.78, 5) is 18.7. The maximum atomic E-state index is 12.5. The molecule has 4 aromatic carbocycles. The quantitative estimate of drug-likeness (QED) is 0.0882. The van der Waals surface area contributed by atoms with Gasteiger partial charge in [-0.15, -0.1) is 20.4 Å². The molecule has 2 aliphatic rings. The van der Waals surface area contributed by atoms with Gasteiger partial charge in [0.25, 0.3) is 0 Å². The molecule has 64 heavy (non-hydrogen) atoms. The first-order valence-corrected chi connectivity index (χ1v) is 24.2. The lowest BCUT2D eigenvalue weighted by Crippen LogP contribution is -2.35. The van der Waals surface area contributed by atoms with E-state index < -0.39 is 27.8 Å². The van der Waals surface area contributed by atoms with Crippen molar-refractivity contribution in [2.24, 2.45) is 5.73 Å². The predicted molar refractivity (Wildman–Crippen MR) is 250 cm³/mol. The second-order valence-corrected chi connectivity index (χ2v) is 19.6. The van der Waals surface area contributed by atoms with Gasteiger partial charge in [0.2, 0.25) is 21.4 Å². The highest BCUT2D eigenvalue weighted by Crippen LogP contribution is 2.42. The van der Waals surface area contributed by atoms with E-state index in [1.54, 1.807) is 23.5 Å². The number of aromatic nitrogens is 4. The molecule has 8 rings (SSSR count). The second kappa shape index (κ2) is 20.2. The maximum absolute atomic E-state index is 12.5. The highest BCUT2D eigenvalue weighted by molar-refractivity contribution is 7.90. The van der Waals surface area contributed by atoms with Gasteiger partial charge < -0.3 is 19.9 Å². The number of carbonyl (C=O) groups is 1. The zero-order valence-electron chi connectivity index (χ0n) is 36.1. The van der Waals surface area contributed by atoms with Crippen molar-refractivity contribution in [2.75, 3.05) is 12.9 Å². The van der Waals surface area contributed by atoms with Crippen molar-refractivity contribution in [2.45, 2.75) is 90.5 Å². The van der Waals surface area contributed by atoms with Crippen molar-refractivity contribution in [1.82, 2.24) is 25.1 Å². The number of rotatable bonds is 12. The first-order chi connectivity index (χ1) is 30.8. The average Bonchev–Trinajstić information content (AvgIpc) is 3.98. The monoisotopic (exact) mass is 916 g/mol. The fourth-order valence-electron chi connectivity index (χ4n) is 7.81. The third-order valence-corrected chi connectivity index (χ3v) is 13.9. The molecule has 0 amide bonds. The summed E-state index contributed by atoms with van der Waals surface area (Å²) in [6, 6.07) is 22.7. The number of hydrogen-bond acceptors (Lipinski definition) is 13. The van der Waals surface area contributed by atoms with Crippen LogP contribution in [0.1, 0.15) is 87.7 Å². The van der Waals surface area contributed by atoms with Crippen LogP contribution < -0.4 is 19.9 Å². The van der Waals surface area contributed by atoms with E-state index in [-0.39, 0.29) is 18.2 Å². The highest BCUT2D eigenvalue weighted by Gasteiger charge is 2.29. The Morgan fingerprint density at radius 1 is 0.750 bits per heavy atom. The number of fused-ring (bicyclic) bond motifs is 2. The Morgan fingerprint density at radius 3 is 1.73 bits per heavy atom. The Morgan fingerprint density at radius 2 is 1.23 bits per heavy atom. The van der Waals surface area contributed by atoms with Crippen LogP contribution in [0.2, 0.25) is 0 Å². The van der Waals surface area contributed by atoms with Crippen LogP contribution in [-0.2, 0) is 32.4 Å². The van der Waals surface area contributed by atoms with E-state index in [0.717, 1.165) is 82.6 Å². The Balaban J connectivity index is 0.000000197. The smallest absolute Gasteiger partial charge is 0.322 e.